The fourth-order valence-corrected chi connectivity index (χ4v) is 3.19. The number of aromatic amines is 1. The number of phenols is 1. The van der Waals surface area contributed by atoms with Crippen LogP contribution in [0.4, 0.5) is 0 Å². The van der Waals surface area contributed by atoms with Gasteiger partial charge in [0.1, 0.15) is 17.2 Å². The van der Waals surface area contributed by atoms with Crippen LogP contribution < -0.4 is 5.56 Å². The Morgan fingerprint density at radius 1 is 1.38 bits per heavy atom. The van der Waals surface area contributed by atoms with E-state index in [4.69, 9.17) is 4.42 Å². The summed E-state index contributed by atoms with van der Waals surface area (Å²) >= 11 is 0. The summed E-state index contributed by atoms with van der Waals surface area (Å²) in [6.07, 6.45) is 4.46. The van der Waals surface area contributed by atoms with Crippen LogP contribution >= 0.6 is 0 Å². The Kier molecular flexibility index (Phi) is 3.34. The lowest BCUT2D eigenvalue weighted by atomic mass is 10.1. The van der Waals surface area contributed by atoms with Gasteiger partial charge in [-0.1, -0.05) is 0 Å². The minimum Gasteiger partial charge on any atom is -0.507 e. The molecule has 0 spiro atoms. The molecule has 1 saturated heterocycles. The van der Waals surface area contributed by atoms with Crippen LogP contribution in [0.1, 0.15) is 35.1 Å². The monoisotopic (exact) mass is 325 g/mol. The number of amides is 1. The Balaban J connectivity index is 1.70. The molecule has 0 saturated carbocycles. The number of hydrogen-bond donors (Lipinski definition) is 2. The van der Waals surface area contributed by atoms with E-state index >= 15 is 0 Å². The first-order chi connectivity index (χ1) is 11.6. The molecule has 1 aliphatic heterocycles. The molecule has 2 aromatic heterocycles. The minimum absolute atomic E-state index is 0.00610. The van der Waals surface area contributed by atoms with Gasteiger partial charge in [0.05, 0.1) is 17.7 Å². The number of carbonyl (C=O) groups excluding carboxylic acids is 1. The number of rotatable bonds is 2. The van der Waals surface area contributed by atoms with E-state index in [0.717, 1.165) is 12.8 Å². The Labute approximate surface area is 136 Å². The number of aromatic nitrogens is 2. The summed E-state index contributed by atoms with van der Waals surface area (Å²) in [5.41, 5.74) is 0.564. The number of fused-ring (bicyclic) bond motifs is 1. The molecule has 0 radical (unpaired) electrons. The highest BCUT2D eigenvalue weighted by molar-refractivity contribution is 5.99. The summed E-state index contributed by atoms with van der Waals surface area (Å²) in [5, 5.41) is 10.6. The van der Waals surface area contributed by atoms with Crippen LogP contribution in [0.3, 0.4) is 0 Å². The molecule has 3 aromatic rings. The van der Waals surface area contributed by atoms with E-state index < -0.39 is 0 Å². The van der Waals surface area contributed by atoms with Crippen molar-refractivity contribution in [3.63, 3.8) is 0 Å². The van der Waals surface area contributed by atoms with E-state index in [0.29, 0.717) is 28.9 Å². The Morgan fingerprint density at radius 2 is 2.25 bits per heavy atom. The lowest BCUT2D eigenvalue weighted by molar-refractivity contribution is 0.0729. The predicted octanol–water partition coefficient (Wildman–Crippen LogP) is 2.20. The molecule has 4 rings (SSSR count). The van der Waals surface area contributed by atoms with Crippen molar-refractivity contribution >= 4 is 16.9 Å². The highest BCUT2D eigenvalue weighted by atomic mass is 16.3. The van der Waals surface area contributed by atoms with Crippen LogP contribution in [0, 0.1) is 0 Å². The average molecular weight is 325 g/mol. The first kappa shape index (κ1) is 14.5. The maximum Gasteiger partial charge on any atom is 0.254 e. The standard InChI is InChI=1S/C17H15N3O4/c21-13-8-10(9-14-11(13)4-7-24-14)17(23)20-6-1-2-12(20)16-18-5-3-15(22)19-16/h3-5,7-9,12,21H,1-2,6H2,(H,18,19,22). The van der Waals surface area contributed by atoms with Crippen LogP contribution in [-0.4, -0.2) is 32.4 Å². The largest absolute Gasteiger partial charge is 0.507 e. The number of H-pyrrole nitrogens is 1. The molecule has 1 unspecified atom stereocenters. The van der Waals surface area contributed by atoms with Crippen molar-refractivity contribution in [2.45, 2.75) is 18.9 Å². The van der Waals surface area contributed by atoms with E-state index in [9.17, 15) is 14.7 Å². The number of furan rings is 1. The highest BCUT2D eigenvalue weighted by Gasteiger charge is 2.32. The molecule has 0 bridgehead atoms. The summed E-state index contributed by atoms with van der Waals surface area (Å²) in [4.78, 5) is 32.9. The number of aromatic hydroxyl groups is 1. The van der Waals surface area contributed by atoms with Crippen LogP contribution in [-0.2, 0) is 0 Å². The second kappa shape index (κ2) is 5.52. The third-order valence-corrected chi connectivity index (χ3v) is 4.32. The quantitative estimate of drug-likeness (QED) is 0.752. The molecule has 3 heterocycles. The first-order valence-electron chi connectivity index (χ1n) is 7.70. The molecular formula is C17H15N3O4. The molecule has 1 aromatic carbocycles. The van der Waals surface area contributed by atoms with Gasteiger partial charge in [0.25, 0.3) is 11.5 Å². The van der Waals surface area contributed by atoms with Gasteiger partial charge in [-0.15, -0.1) is 0 Å². The number of hydrogen-bond acceptors (Lipinski definition) is 5. The summed E-state index contributed by atoms with van der Waals surface area (Å²) in [6.45, 7) is 0.569. The van der Waals surface area contributed by atoms with E-state index in [-0.39, 0.29) is 23.3 Å². The number of nitrogens with zero attached hydrogens (tertiary/aromatic N) is 2. The Hall–Kier alpha value is -3.09. The smallest absolute Gasteiger partial charge is 0.254 e. The molecule has 7 nitrogen and oxygen atoms in total. The second-order valence-electron chi connectivity index (χ2n) is 5.80. The van der Waals surface area contributed by atoms with Gasteiger partial charge in [0, 0.05) is 24.4 Å². The molecule has 1 aliphatic rings. The summed E-state index contributed by atoms with van der Waals surface area (Å²) in [5.74, 6) is 0.265. The topological polar surface area (TPSA) is 99.4 Å². The van der Waals surface area contributed by atoms with Gasteiger partial charge in [-0.05, 0) is 31.0 Å². The van der Waals surface area contributed by atoms with Crippen molar-refractivity contribution in [3.8, 4) is 5.75 Å². The molecule has 2 N–H and O–H groups in total. The zero-order valence-electron chi connectivity index (χ0n) is 12.7. The first-order valence-corrected chi connectivity index (χ1v) is 7.70. The van der Waals surface area contributed by atoms with Crippen LogP contribution in [0.5, 0.6) is 5.75 Å². The SMILES string of the molecule is O=C(c1cc(O)c2ccoc2c1)N1CCCC1c1nccc(=O)[nH]1. The number of benzene rings is 1. The van der Waals surface area contributed by atoms with Gasteiger partial charge >= 0.3 is 0 Å². The maximum atomic E-state index is 12.9. The van der Waals surface area contributed by atoms with Crippen molar-refractivity contribution < 1.29 is 14.3 Å². The highest BCUT2D eigenvalue weighted by Crippen LogP contribution is 2.33. The van der Waals surface area contributed by atoms with E-state index in [2.05, 4.69) is 9.97 Å². The molecule has 7 heteroatoms. The van der Waals surface area contributed by atoms with Crippen LogP contribution in [0.25, 0.3) is 11.0 Å². The van der Waals surface area contributed by atoms with E-state index in [1.807, 2.05) is 0 Å². The lowest BCUT2D eigenvalue weighted by Crippen LogP contribution is -2.32. The summed E-state index contributed by atoms with van der Waals surface area (Å²) in [6, 6.07) is 5.77. The average Bonchev–Trinajstić information content (AvgIpc) is 3.23. The lowest BCUT2D eigenvalue weighted by Gasteiger charge is -2.24. The number of carbonyl (C=O) groups is 1. The number of phenolic OH excluding ortho intramolecular Hbond substituents is 1. The van der Waals surface area contributed by atoms with E-state index in [1.54, 1.807) is 17.0 Å². The van der Waals surface area contributed by atoms with Crippen molar-refractivity contribution in [3.05, 3.63) is 58.5 Å². The van der Waals surface area contributed by atoms with Crippen molar-refractivity contribution in [1.82, 2.24) is 14.9 Å². The third-order valence-electron chi connectivity index (χ3n) is 4.32. The normalized spacial score (nSPS) is 17.5. The van der Waals surface area contributed by atoms with Gasteiger partial charge < -0.3 is 19.4 Å². The number of likely N-dealkylation sites (tertiary alicyclic amines) is 1. The third kappa shape index (κ3) is 2.34. The fraction of sp³-hybridized carbons (Fsp3) is 0.235. The van der Waals surface area contributed by atoms with Crippen molar-refractivity contribution in [1.29, 1.82) is 0 Å². The van der Waals surface area contributed by atoms with Gasteiger partial charge in [-0.2, -0.15) is 0 Å². The molecule has 0 aliphatic carbocycles. The fourth-order valence-electron chi connectivity index (χ4n) is 3.19. The van der Waals surface area contributed by atoms with Crippen molar-refractivity contribution in [2.75, 3.05) is 6.54 Å². The van der Waals surface area contributed by atoms with Crippen molar-refractivity contribution in [2.24, 2.45) is 0 Å². The number of nitrogens with one attached hydrogen (secondary N) is 1. The Morgan fingerprint density at radius 3 is 3.08 bits per heavy atom. The molecule has 1 amide bonds. The van der Waals surface area contributed by atoms with Gasteiger partial charge in [0.2, 0.25) is 0 Å². The second-order valence-corrected chi connectivity index (χ2v) is 5.80. The minimum atomic E-state index is -0.277. The van der Waals surface area contributed by atoms with Gasteiger partial charge in [-0.3, -0.25) is 9.59 Å². The zero-order valence-corrected chi connectivity index (χ0v) is 12.7. The maximum absolute atomic E-state index is 12.9. The predicted molar refractivity (Wildman–Crippen MR) is 85.7 cm³/mol. The van der Waals surface area contributed by atoms with Gasteiger partial charge in [0.15, 0.2) is 0 Å². The molecule has 122 valence electrons. The van der Waals surface area contributed by atoms with Gasteiger partial charge in [-0.25, -0.2) is 4.98 Å². The molecule has 24 heavy (non-hydrogen) atoms. The van der Waals surface area contributed by atoms with E-state index in [1.165, 1.54) is 24.6 Å². The van der Waals surface area contributed by atoms with Crippen LogP contribution in [0.15, 0.2) is 45.9 Å². The Bertz CT molecular complexity index is 975. The van der Waals surface area contributed by atoms with Crippen LogP contribution in [0.2, 0.25) is 0 Å². The summed E-state index contributed by atoms with van der Waals surface area (Å²) in [7, 11) is 0. The molecule has 1 atom stereocenters. The molecule has 1 fully saturated rings. The summed E-state index contributed by atoms with van der Waals surface area (Å²) < 4.78 is 5.29. The zero-order chi connectivity index (χ0) is 16.7. The molecular weight excluding hydrogens is 310 g/mol.